The lowest BCUT2D eigenvalue weighted by atomic mass is 9.87. The molecule has 0 saturated carbocycles. The fourth-order valence-corrected chi connectivity index (χ4v) is 1.38. The van der Waals surface area contributed by atoms with Gasteiger partial charge in [-0.25, -0.2) is 0 Å². The van der Waals surface area contributed by atoms with Gasteiger partial charge in [0.15, 0.2) is 0 Å². The molecule has 4 nitrogen and oxygen atoms in total. The van der Waals surface area contributed by atoms with Crippen LogP contribution in [0, 0.1) is 11.3 Å². The SMILES string of the molecule is CCC(CCO)CNC(=O)C(N)C(C)(C)C. The summed E-state index contributed by atoms with van der Waals surface area (Å²) in [6.07, 6.45) is 1.67. The van der Waals surface area contributed by atoms with Gasteiger partial charge < -0.3 is 16.2 Å². The zero-order chi connectivity index (χ0) is 12.8. The van der Waals surface area contributed by atoms with E-state index in [9.17, 15) is 4.79 Å². The van der Waals surface area contributed by atoms with E-state index in [-0.39, 0.29) is 17.9 Å². The molecule has 0 rings (SSSR count). The number of carbonyl (C=O) groups excluding carboxylic acids is 1. The number of amides is 1. The molecule has 0 aliphatic rings. The Balaban J connectivity index is 4.06. The van der Waals surface area contributed by atoms with E-state index in [0.717, 1.165) is 12.8 Å². The van der Waals surface area contributed by atoms with Gasteiger partial charge in [0, 0.05) is 13.2 Å². The van der Waals surface area contributed by atoms with E-state index in [1.807, 2.05) is 20.8 Å². The van der Waals surface area contributed by atoms with Crippen molar-refractivity contribution < 1.29 is 9.90 Å². The largest absolute Gasteiger partial charge is 0.396 e. The van der Waals surface area contributed by atoms with Crippen LogP contribution in [0.3, 0.4) is 0 Å². The van der Waals surface area contributed by atoms with Crippen molar-refractivity contribution in [3.8, 4) is 0 Å². The van der Waals surface area contributed by atoms with E-state index in [0.29, 0.717) is 12.5 Å². The van der Waals surface area contributed by atoms with Crippen LogP contribution in [-0.2, 0) is 4.79 Å². The maximum Gasteiger partial charge on any atom is 0.237 e. The van der Waals surface area contributed by atoms with Crippen LogP contribution in [0.15, 0.2) is 0 Å². The molecule has 0 spiro atoms. The second-order valence-corrected chi connectivity index (χ2v) is 5.38. The Kier molecular flexibility index (Phi) is 6.60. The molecule has 1 amide bonds. The van der Waals surface area contributed by atoms with Crippen LogP contribution in [0.25, 0.3) is 0 Å². The van der Waals surface area contributed by atoms with Crippen LogP contribution in [0.2, 0.25) is 0 Å². The topological polar surface area (TPSA) is 75.3 Å². The van der Waals surface area contributed by atoms with Crippen molar-refractivity contribution in [3.63, 3.8) is 0 Å². The molecule has 0 aliphatic heterocycles. The van der Waals surface area contributed by atoms with Gasteiger partial charge >= 0.3 is 0 Å². The molecule has 4 N–H and O–H groups in total. The molecular weight excluding hydrogens is 204 g/mol. The van der Waals surface area contributed by atoms with Crippen molar-refractivity contribution in [2.24, 2.45) is 17.1 Å². The first-order valence-corrected chi connectivity index (χ1v) is 5.97. The highest BCUT2D eigenvalue weighted by molar-refractivity contribution is 5.82. The third-order valence-corrected chi connectivity index (χ3v) is 2.90. The minimum absolute atomic E-state index is 0.108. The lowest BCUT2D eigenvalue weighted by molar-refractivity contribution is -0.124. The second kappa shape index (κ2) is 6.86. The van der Waals surface area contributed by atoms with Gasteiger partial charge in [-0.3, -0.25) is 4.79 Å². The summed E-state index contributed by atoms with van der Waals surface area (Å²) in [7, 11) is 0. The van der Waals surface area contributed by atoms with Gasteiger partial charge in [-0.05, 0) is 17.8 Å². The molecule has 4 heteroatoms. The van der Waals surface area contributed by atoms with Crippen LogP contribution in [0.1, 0.15) is 40.5 Å². The van der Waals surface area contributed by atoms with Gasteiger partial charge in [0.1, 0.15) is 0 Å². The normalized spacial score (nSPS) is 15.6. The molecule has 0 radical (unpaired) electrons. The zero-order valence-corrected chi connectivity index (χ0v) is 10.9. The van der Waals surface area contributed by atoms with Crippen molar-refractivity contribution >= 4 is 5.91 Å². The Hall–Kier alpha value is -0.610. The number of rotatable bonds is 6. The summed E-state index contributed by atoms with van der Waals surface area (Å²) in [4.78, 5) is 11.7. The van der Waals surface area contributed by atoms with Gasteiger partial charge in [0.25, 0.3) is 0 Å². The van der Waals surface area contributed by atoms with Crippen molar-refractivity contribution in [3.05, 3.63) is 0 Å². The quantitative estimate of drug-likeness (QED) is 0.634. The molecule has 0 saturated heterocycles. The summed E-state index contributed by atoms with van der Waals surface area (Å²) in [5.41, 5.74) is 5.61. The number of aliphatic hydroxyl groups is 1. The first-order valence-electron chi connectivity index (χ1n) is 5.97. The Morgan fingerprint density at radius 1 is 1.44 bits per heavy atom. The summed E-state index contributed by atoms with van der Waals surface area (Å²) < 4.78 is 0. The maximum atomic E-state index is 11.7. The molecule has 0 aromatic heterocycles. The Labute approximate surface area is 98.6 Å². The lowest BCUT2D eigenvalue weighted by Gasteiger charge is -2.26. The van der Waals surface area contributed by atoms with Gasteiger partial charge in [0.05, 0.1) is 6.04 Å². The predicted molar refractivity (Wildman–Crippen MR) is 65.9 cm³/mol. The van der Waals surface area contributed by atoms with Crippen molar-refractivity contribution in [2.45, 2.75) is 46.6 Å². The minimum Gasteiger partial charge on any atom is -0.396 e. The van der Waals surface area contributed by atoms with E-state index in [4.69, 9.17) is 10.8 Å². The number of nitrogens with two attached hydrogens (primary N) is 1. The predicted octanol–water partition coefficient (Wildman–Crippen LogP) is 0.885. The number of nitrogens with one attached hydrogen (secondary N) is 1. The highest BCUT2D eigenvalue weighted by atomic mass is 16.3. The van der Waals surface area contributed by atoms with Crippen LogP contribution in [0.5, 0.6) is 0 Å². The molecule has 0 fully saturated rings. The second-order valence-electron chi connectivity index (χ2n) is 5.38. The number of carbonyl (C=O) groups is 1. The molecule has 0 heterocycles. The van der Waals surface area contributed by atoms with E-state index in [1.54, 1.807) is 0 Å². The fourth-order valence-electron chi connectivity index (χ4n) is 1.38. The first-order chi connectivity index (χ1) is 7.32. The first kappa shape index (κ1) is 15.4. The van der Waals surface area contributed by atoms with Gasteiger partial charge in [-0.1, -0.05) is 34.1 Å². The molecule has 16 heavy (non-hydrogen) atoms. The van der Waals surface area contributed by atoms with E-state index >= 15 is 0 Å². The average Bonchev–Trinajstić information content (AvgIpc) is 2.21. The van der Waals surface area contributed by atoms with Crippen molar-refractivity contribution in [1.29, 1.82) is 0 Å². The molecule has 2 unspecified atom stereocenters. The molecule has 0 aromatic carbocycles. The van der Waals surface area contributed by atoms with E-state index in [2.05, 4.69) is 12.2 Å². The Morgan fingerprint density at radius 2 is 2.00 bits per heavy atom. The van der Waals surface area contributed by atoms with Crippen LogP contribution >= 0.6 is 0 Å². The minimum atomic E-state index is -0.487. The van der Waals surface area contributed by atoms with Gasteiger partial charge in [0.2, 0.25) is 5.91 Å². The standard InChI is InChI=1S/C12H26N2O2/c1-5-9(6-7-15)8-14-11(16)10(13)12(2,3)4/h9-10,15H,5-8,13H2,1-4H3,(H,14,16). The fraction of sp³-hybridized carbons (Fsp3) is 0.917. The smallest absolute Gasteiger partial charge is 0.237 e. The lowest BCUT2D eigenvalue weighted by Crippen LogP contribution is -2.49. The van der Waals surface area contributed by atoms with Crippen molar-refractivity contribution in [1.82, 2.24) is 5.32 Å². The third kappa shape index (κ3) is 5.47. The molecule has 2 atom stereocenters. The van der Waals surface area contributed by atoms with Crippen LogP contribution < -0.4 is 11.1 Å². The summed E-state index contributed by atoms with van der Waals surface area (Å²) in [5, 5.41) is 11.7. The van der Waals surface area contributed by atoms with Gasteiger partial charge in [-0.15, -0.1) is 0 Å². The molecule has 0 aromatic rings. The van der Waals surface area contributed by atoms with E-state index < -0.39 is 6.04 Å². The molecule has 96 valence electrons. The van der Waals surface area contributed by atoms with Crippen LogP contribution in [0.4, 0.5) is 0 Å². The number of hydrogen-bond acceptors (Lipinski definition) is 3. The average molecular weight is 230 g/mol. The summed E-state index contributed by atoms with van der Waals surface area (Å²) in [6.45, 7) is 8.66. The maximum absolute atomic E-state index is 11.7. The summed E-state index contributed by atoms with van der Waals surface area (Å²) in [6, 6.07) is -0.487. The van der Waals surface area contributed by atoms with E-state index in [1.165, 1.54) is 0 Å². The third-order valence-electron chi connectivity index (χ3n) is 2.90. The highest BCUT2D eigenvalue weighted by Crippen LogP contribution is 2.17. The van der Waals surface area contributed by atoms with Crippen molar-refractivity contribution in [2.75, 3.05) is 13.2 Å². The number of aliphatic hydroxyl groups excluding tert-OH is 1. The summed E-state index contributed by atoms with van der Waals surface area (Å²) >= 11 is 0. The Morgan fingerprint density at radius 3 is 2.38 bits per heavy atom. The zero-order valence-electron chi connectivity index (χ0n) is 10.9. The number of hydrogen-bond donors (Lipinski definition) is 3. The molecule has 0 aliphatic carbocycles. The summed E-state index contributed by atoms with van der Waals surface area (Å²) in [5.74, 6) is 0.227. The van der Waals surface area contributed by atoms with Crippen LogP contribution in [-0.4, -0.2) is 30.2 Å². The Bertz CT molecular complexity index is 212. The highest BCUT2D eigenvalue weighted by Gasteiger charge is 2.27. The molecular formula is C12H26N2O2. The molecule has 0 bridgehead atoms. The van der Waals surface area contributed by atoms with Gasteiger partial charge in [-0.2, -0.15) is 0 Å². The monoisotopic (exact) mass is 230 g/mol.